The van der Waals surface area contributed by atoms with Gasteiger partial charge < -0.3 is 4.74 Å². The van der Waals surface area contributed by atoms with Crippen molar-refractivity contribution in [3.63, 3.8) is 0 Å². The molecular weight excluding hydrogens is 414 g/mol. The van der Waals surface area contributed by atoms with Crippen molar-refractivity contribution in [1.29, 1.82) is 0 Å². The number of halogens is 1. The first kappa shape index (κ1) is 18.8. The molecule has 2 aliphatic carbocycles. The summed E-state index contributed by atoms with van der Waals surface area (Å²) in [6.45, 7) is 2.12. The fraction of sp³-hybridized carbons (Fsp3) is 0.524. The summed E-state index contributed by atoms with van der Waals surface area (Å²) in [4.78, 5) is 26.0. The Labute approximate surface area is 177 Å². The molecule has 148 valence electrons. The second-order valence-electron chi connectivity index (χ2n) is 7.95. The first-order valence-electron chi connectivity index (χ1n) is 9.88. The van der Waals surface area contributed by atoms with Crippen LogP contribution < -0.4 is 4.87 Å². The number of carbonyl (C=O) groups excluding carboxylic acids is 1. The lowest BCUT2D eigenvalue weighted by atomic mass is 9.75. The van der Waals surface area contributed by atoms with Crippen molar-refractivity contribution in [1.82, 2.24) is 4.57 Å². The van der Waals surface area contributed by atoms with Crippen LogP contribution in [0.5, 0.6) is 0 Å². The molecule has 2 aromatic rings. The van der Waals surface area contributed by atoms with Gasteiger partial charge in [-0.1, -0.05) is 35.1 Å². The van der Waals surface area contributed by atoms with Gasteiger partial charge in [0.15, 0.2) is 0 Å². The minimum atomic E-state index is -0.344. The second-order valence-corrected chi connectivity index (χ2v) is 10.5. The average molecular weight is 436 g/mol. The quantitative estimate of drug-likeness (QED) is 0.648. The van der Waals surface area contributed by atoms with Crippen molar-refractivity contribution in [3.8, 4) is 0 Å². The lowest BCUT2D eigenvalue weighted by Crippen LogP contribution is -2.34. The molecule has 0 saturated heterocycles. The number of nitrogens with zero attached hydrogens (tertiary/aromatic N) is 1. The number of esters is 1. The topological polar surface area (TPSA) is 48.3 Å². The van der Waals surface area contributed by atoms with Gasteiger partial charge >= 0.3 is 10.8 Å². The first-order chi connectivity index (χ1) is 13.6. The van der Waals surface area contributed by atoms with Crippen molar-refractivity contribution < 1.29 is 9.53 Å². The van der Waals surface area contributed by atoms with Gasteiger partial charge in [-0.3, -0.25) is 14.2 Å². The Morgan fingerprint density at radius 1 is 1.25 bits per heavy atom. The molecule has 1 aliphatic heterocycles. The number of ether oxygens (including phenoxy) is 1. The van der Waals surface area contributed by atoms with Crippen LogP contribution >= 0.6 is 34.7 Å². The number of hydrogen-bond acceptors (Lipinski definition) is 5. The molecule has 2 heterocycles. The van der Waals surface area contributed by atoms with Crippen LogP contribution in [0.25, 0.3) is 0 Å². The van der Waals surface area contributed by atoms with Gasteiger partial charge in [0.1, 0.15) is 6.54 Å². The number of thioether (sulfide) groups is 1. The van der Waals surface area contributed by atoms with Gasteiger partial charge in [0.2, 0.25) is 0 Å². The molecule has 1 aromatic carbocycles. The normalized spacial score (nSPS) is 30.1. The SMILES string of the molecule is CCOC(=O)Cn1c2c(sc1=O)[C@H](c1ccc(Cl)cc1)[C@@H]1[C@H]3CC[C@@H](C3)[C@H]1S2. The molecule has 4 nitrogen and oxygen atoms in total. The summed E-state index contributed by atoms with van der Waals surface area (Å²) in [7, 11) is 0. The van der Waals surface area contributed by atoms with Crippen molar-refractivity contribution >= 4 is 40.7 Å². The summed E-state index contributed by atoms with van der Waals surface area (Å²) in [6.07, 6.45) is 3.88. The highest BCUT2D eigenvalue weighted by Crippen LogP contribution is 2.64. The molecule has 0 amide bonds. The van der Waals surface area contributed by atoms with E-state index in [1.165, 1.54) is 36.2 Å². The molecule has 5 rings (SSSR count). The Balaban J connectivity index is 1.61. The van der Waals surface area contributed by atoms with Gasteiger partial charge in [-0.25, -0.2) is 0 Å². The Morgan fingerprint density at radius 2 is 2.00 bits per heavy atom. The van der Waals surface area contributed by atoms with Gasteiger partial charge in [0, 0.05) is 21.1 Å². The zero-order valence-electron chi connectivity index (χ0n) is 15.6. The van der Waals surface area contributed by atoms with Crippen molar-refractivity contribution in [2.45, 2.75) is 48.9 Å². The summed E-state index contributed by atoms with van der Waals surface area (Å²) >= 11 is 9.28. The van der Waals surface area contributed by atoms with Crippen LogP contribution in [0.1, 0.15) is 42.5 Å². The molecule has 2 fully saturated rings. The van der Waals surface area contributed by atoms with E-state index in [2.05, 4.69) is 12.1 Å². The molecule has 0 spiro atoms. The Bertz CT molecular complexity index is 967. The second kappa shape index (κ2) is 7.22. The highest BCUT2D eigenvalue weighted by atomic mass is 35.5. The minimum Gasteiger partial charge on any atom is -0.465 e. The van der Waals surface area contributed by atoms with E-state index in [9.17, 15) is 9.59 Å². The highest BCUT2D eigenvalue weighted by Gasteiger charge is 2.55. The van der Waals surface area contributed by atoms with Gasteiger partial charge in [-0.2, -0.15) is 0 Å². The third kappa shape index (κ3) is 2.96. The Kier molecular flexibility index (Phi) is 4.84. The van der Waals surface area contributed by atoms with Crippen LogP contribution in [0, 0.1) is 17.8 Å². The predicted molar refractivity (Wildman–Crippen MR) is 112 cm³/mol. The zero-order valence-corrected chi connectivity index (χ0v) is 18.0. The van der Waals surface area contributed by atoms with E-state index in [0.29, 0.717) is 23.7 Å². The third-order valence-corrected chi connectivity index (χ3v) is 9.59. The van der Waals surface area contributed by atoms with Crippen LogP contribution in [0.4, 0.5) is 0 Å². The van der Waals surface area contributed by atoms with Gasteiger partial charge in [0.05, 0.1) is 11.6 Å². The van der Waals surface area contributed by atoms with Gasteiger partial charge in [-0.15, -0.1) is 11.8 Å². The molecule has 5 atom stereocenters. The minimum absolute atomic E-state index is 0.00429. The standard InChI is InChI=1S/C21H22ClNO3S2/c1-2-26-15(24)10-23-20-19(28-21(23)25)16(11-5-7-14(22)8-6-11)17-12-3-4-13(9-12)18(17)27-20/h5-8,12-13,16-18H,2-4,9-10H2,1H3/t12-,13-,16+,17-,18+/m0/s1. The number of rotatable bonds is 4. The maximum absolute atomic E-state index is 12.8. The summed E-state index contributed by atoms with van der Waals surface area (Å²) in [6, 6.07) is 8.10. The fourth-order valence-electron chi connectivity index (χ4n) is 5.47. The van der Waals surface area contributed by atoms with Gasteiger partial charge in [0.25, 0.3) is 0 Å². The summed E-state index contributed by atoms with van der Waals surface area (Å²) in [5.74, 6) is 1.88. The maximum atomic E-state index is 12.8. The van der Waals surface area contributed by atoms with E-state index in [4.69, 9.17) is 16.3 Å². The predicted octanol–water partition coefficient (Wildman–Crippen LogP) is 4.78. The van der Waals surface area contributed by atoms with Gasteiger partial charge in [-0.05, 0) is 61.6 Å². The Morgan fingerprint density at radius 3 is 2.75 bits per heavy atom. The number of aromatic nitrogens is 1. The first-order valence-corrected chi connectivity index (χ1v) is 12.0. The lowest BCUT2D eigenvalue weighted by molar-refractivity contribution is -0.144. The van der Waals surface area contributed by atoms with E-state index >= 15 is 0 Å². The van der Waals surface area contributed by atoms with Crippen LogP contribution in [0.2, 0.25) is 5.02 Å². The zero-order chi connectivity index (χ0) is 19.4. The maximum Gasteiger partial charge on any atom is 0.326 e. The van der Waals surface area contributed by atoms with E-state index in [1.807, 2.05) is 23.9 Å². The highest BCUT2D eigenvalue weighted by molar-refractivity contribution is 8.00. The Hall–Kier alpha value is -1.24. The molecule has 1 aromatic heterocycles. The number of fused-ring (bicyclic) bond motifs is 6. The summed E-state index contributed by atoms with van der Waals surface area (Å²) < 4.78 is 6.75. The molecule has 3 aliphatic rings. The molecule has 7 heteroatoms. The largest absolute Gasteiger partial charge is 0.465 e. The van der Waals surface area contributed by atoms with Crippen molar-refractivity contribution in [3.05, 3.63) is 49.4 Å². The third-order valence-electron chi connectivity index (χ3n) is 6.51. The molecule has 28 heavy (non-hydrogen) atoms. The molecule has 0 N–H and O–H groups in total. The van der Waals surface area contributed by atoms with Crippen LogP contribution in [0.3, 0.4) is 0 Å². The van der Waals surface area contributed by atoms with Crippen LogP contribution in [-0.2, 0) is 16.1 Å². The summed E-state index contributed by atoms with van der Waals surface area (Å²) in [5.41, 5.74) is 1.23. The molecule has 0 radical (unpaired) electrons. The number of carbonyl (C=O) groups is 1. The number of thiazole rings is 1. The average Bonchev–Trinajstić information content (AvgIpc) is 3.36. The molecule has 2 saturated carbocycles. The lowest BCUT2D eigenvalue weighted by Gasteiger charge is -2.40. The fourth-order valence-corrected chi connectivity index (χ4v) is 8.74. The smallest absolute Gasteiger partial charge is 0.326 e. The van der Waals surface area contributed by atoms with Crippen molar-refractivity contribution in [2.75, 3.05) is 6.61 Å². The molecular formula is C21H22ClNO3S2. The van der Waals surface area contributed by atoms with Crippen molar-refractivity contribution in [2.24, 2.45) is 17.8 Å². The van der Waals surface area contributed by atoms with Crippen LogP contribution in [0.15, 0.2) is 34.1 Å². The monoisotopic (exact) mass is 435 g/mol. The van der Waals surface area contributed by atoms with Crippen LogP contribution in [-0.4, -0.2) is 22.4 Å². The molecule has 0 unspecified atom stereocenters. The summed E-state index contributed by atoms with van der Waals surface area (Å²) in [5, 5.41) is 2.23. The van der Waals surface area contributed by atoms with E-state index in [-0.39, 0.29) is 23.3 Å². The van der Waals surface area contributed by atoms with E-state index in [0.717, 1.165) is 20.8 Å². The molecule has 2 bridgehead atoms. The van der Waals surface area contributed by atoms with E-state index in [1.54, 1.807) is 11.5 Å². The number of hydrogen-bond donors (Lipinski definition) is 0. The number of benzene rings is 1. The van der Waals surface area contributed by atoms with E-state index < -0.39 is 0 Å².